The van der Waals surface area contributed by atoms with Crippen LogP contribution in [0.4, 0.5) is 55.1 Å². The first kappa shape index (κ1) is 118. The van der Waals surface area contributed by atoms with Crippen molar-refractivity contribution in [1.82, 2.24) is 44.9 Å². The number of halogens is 8. The molecule has 4 aromatic heterocycles. The minimum absolute atomic E-state index is 0.0178. The molecule has 0 spiro atoms. The van der Waals surface area contributed by atoms with Gasteiger partial charge in [0.2, 0.25) is 0 Å². The van der Waals surface area contributed by atoms with Gasteiger partial charge in [-0.15, -0.1) is 6.58 Å². The number of benzene rings is 6. The molecular weight excluding hydrogens is 2010 g/mol. The molecular formula is C108H131B2Cl5F3N13O17. The normalized spacial score (nSPS) is 16.1. The van der Waals surface area contributed by atoms with Crippen LogP contribution in [0, 0.1) is 27.6 Å². The first-order valence-corrected chi connectivity index (χ1v) is 50.2. The summed E-state index contributed by atoms with van der Waals surface area (Å²) in [4.78, 5) is 87.9. The van der Waals surface area contributed by atoms with Gasteiger partial charge in [-0.3, -0.25) is 10.1 Å². The minimum Gasteiger partial charge on any atom is -0.457 e. The summed E-state index contributed by atoms with van der Waals surface area (Å²) in [5.74, 6) is 4.47. The van der Waals surface area contributed by atoms with Crippen molar-refractivity contribution in [2.75, 3.05) is 119 Å². The second kappa shape index (κ2) is 51.9. The molecule has 40 heteroatoms. The molecule has 0 saturated carbocycles. The van der Waals surface area contributed by atoms with Gasteiger partial charge in [0.1, 0.15) is 100 Å². The highest BCUT2D eigenvalue weighted by Crippen LogP contribution is 2.40. The van der Waals surface area contributed by atoms with Crippen LogP contribution in [0.3, 0.4) is 0 Å². The maximum absolute atomic E-state index is 13.1. The van der Waals surface area contributed by atoms with E-state index in [1.165, 1.54) is 36.4 Å². The number of pyridine rings is 4. The second-order valence-corrected chi connectivity index (χ2v) is 42.8. The fraction of sp³-hybridized carbons (Fsp3) is 0.407. The van der Waals surface area contributed by atoms with E-state index in [-0.39, 0.29) is 100 Å². The van der Waals surface area contributed by atoms with Crippen LogP contribution in [0.2, 0.25) is 25.8 Å². The number of nitro groups is 1. The van der Waals surface area contributed by atoms with Gasteiger partial charge in [0.25, 0.3) is 5.69 Å². The molecule has 6 fully saturated rings. The van der Waals surface area contributed by atoms with E-state index in [1.54, 1.807) is 80.2 Å². The summed E-state index contributed by atoms with van der Waals surface area (Å²) in [6, 6.07) is 54.0. The van der Waals surface area contributed by atoms with Crippen molar-refractivity contribution < 1.29 is 89.0 Å². The van der Waals surface area contributed by atoms with Crippen molar-refractivity contribution in [3.05, 3.63) is 272 Å². The monoisotopic (exact) mass is 2140 g/mol. The Morgan fingerprint density at radius 3 is 0.932 bits per heavy atom. The molecule has 16 rings (SSSR count). The lowest BCUT2D eigenvalue weighted by molar-refractivity contribution is -0.384. The van der Waals surface area contributed by atoms with E-state index in [2.05, 4.69) is 48.1 Å². The van der Waals surface area contributed by atoms with Crippen molar-refractivity contribution >= 4 is 131 Å². The number of nitrogens with zero attached hydrogens (tertiary/aromatic N) is 12. The van der Waals surface area contributed by atoms with Crippen LogP contribution in [0.25, 0.3) is 28.6 Å². The van der Waals surface area contributed by atoms with Crippen molar-refractivity contribution in [3.8, 4) is 57.0 Å². The highest BCUT2D eigenvalue weighted by Gasteiger charge is 2.52. The smallest absolute Gasteiger partial charge is 0.457 e. The molecule has 0 unspecified atom stereocenters. The van der Waals surface area contributed by atoms with Gasteiger partial charge < -0.3 is 91.4 Å². The van der Waals surface area contributed by atoms with Gasteiger partial charge in [-0.1, -0.05) is 82.7 Å². The fourth-order valence-corrected chi connectivity index (χ4v) is 15.6. The van der Waals surface area contributed by atoms with E-state index in [1.807, 2.05) is 236 Å². The Kier molecular flexibility index (Phi) is 41.3. The van der Waals surface area contributed by atoms with Gasteiger partial charge in [0.05, 0.1) is 56.5 Å². The van der Waals surface area contributed by atoms with Gasteiger partial charge in [0, 0.05) is 133 Å². The predicted octanol–water partition coefficient (Wildman–Crippen LogP) is 25.1. The SMILES string of the molecule is C=CB1OC(C)(C)C(C)(C)O1.C=Cc1cc(N2CCN(C(=O)OC(C)(C)C)CC2)cc(-c2ccc(Oc3ccc(F)cc3)cc2)n1.CC(C)(C)OC(=O)N1CCN(c2cc(Cl)nc(-c3ccc(Oc4ccc(F)cc4)cc3)c2)CC1.CC(C)(C)OC(=O)N1CCN(c2cc(Cl)nc(Cl)c2)CC1.CC(C)(C)OC(=O)N1CCNCC1.CC1(C)OB(c2ccc(Oc3ccc(F)cc3)cc2)OC1(C)C.O=[N+]([O-])c1cc(Cl)nc(Cl)c1. The van der Waals surface area contributed by atoms with Crippen LogP contribution in [-0.2, 0) is 37.6 Å². The second-order valence-electron chi connectivity index (χ2n) is 40.9. The lowest BCUT2D eigenvalue weighted by Gasteiger charge is -2.37. The minimum atomic E-state index is -0.584. The molecule has 6 aliphatic heterocycles. The molecule has 4 amide bonds. The van der Waals surface area contributed by atoms with Crippen molar-refractivity contribution in [3.63, 3.8) is 0 Å². The summed E-state index contributed by atoms with van der Waals surface area (Å²) >= 11 is 29.0. The Morgan fingerprint density at radius 1 is 0.378 bits per heavy atom. The molecule has 0 bridgehead atoms. The molecule has 6 aliphatic rings. The van der Waals surface area contributed by atoms with Crippen LogP contribution in [0.1, 0.15) is 144 Å². The Hall–Kier alpha value is -12.2. The number of carbonyl (C=O) groups excluding carboxylic acids is 4. The average molecular weight is 2140 g/mol. The number of piperazine rings is 4. The Labute approximate surface area is 891 Å². The zero-order valence-corrected chi connectivity index (χ0v) is 91.1. The lowest BCUT2D eigenvalue weighted by atomic mass is 9.79. The summed E-state index contributed by atoms with van der Waals surface area (Å²) in [5.41, 5.74) is 4.79. The molecule has 30 nitrogen and oxygen atoms in total. The van der Waals surface area contributed by atoms with Gasteiger partial charge in [-0.2, -0.15) is 0 Å². The highest BCUT2D eigenvalue weighted by atomic mass is 35.5. The number of ether oxygens (including phenoxy) is 7. The molecule has 10 aromatic rings. The Morgan fingerprint density at radius 2 is 0.642 bits per heavy atom. The molecule has 6 saturated heterocycles. The maximum atomic E-state index is 13.1. The largest absolute Gasteiger partial charge is 0.494 e. The third-order valence-electron chi connectivity index (χ3n) is 23.5. The zero-order chi connectivity index (χ0) is 109. The number of anilines is 3. The van der Waals surface area contributed by atoms with Crippen LogP contribution >= 0.6 is 58.0 Å². The predicted molar refractivity (Wildman–Crippen MR) is 578 cm³/mol. The number of hydrogen-bond donors (Lipinski definition) is 1. The summed E-state index contributed by atoms with van der Waals surface area (Å²) in [5, 5.41) is 14.5. The number of aromatic nitrogens is 4. The summed E-state index contributed by atoms with van der Waals surface area (Å²) < 4.78 is 101. The quantitative estimate of drug-likeness (QED) is 0.0328. The molecule has 792 valence electrons. The first-order chi connectivity index (χ1) is 69.3. The fourth-order valence-electron chi connectivity index (χ4n) is 14.5. The first-order valence-electron chi connectivity index (χ1n) is 48.3. The maximum Gasteiger partial charge on any atom is 0.494 e. The summed E-state index contributed by atoms with van der Waals surface area (Å²) in [7, 11) is -0.639. The topological polar surface area (TPSA) is 299 Å². The third-order valence-corrected chi connectivity index (χ3v) is 24.5. The van der Waals surface area contributed by atoms with E-state index in [0.29, 0.717) is 128 Å². The van der Waals surface area contributed by atoms with E-state index in [0.717, 1.165) is 89.0 Å². The number of rotatable bonds is 15. The summed E-state index contributed by atoms with van der Waals surface area (Å²) in [6.07, 6.45) is 0.698. The molecule has 1 N–H and O–H groups in total. The van der Waals surface area contributed by atoms with Gasteiger partial charge in [-0.05, 0) is 320 Å². The van der Waals surface area contributed by atoms with Crippen molar-refractivity contribution in [1.29, 1.82) is 0 Å². The van der Waals surface area contributed by atoms with Gasteiger partial charge in [-0.25, -0.2) is 52.3 Å². The highest BCUT2D eigenvalue weighted by molar-refractivity contribution is 6.62. The molecule has 0 aliphatic carbocycles. The standard InChI is InChI=1S/C28H30FN3O3.C26H27ClFN3O3.C18H20BFO3.C14H19Cl2N3O2.C9H18N2O2.C8H15BO2.C5H2Cl2N2O2/c1-5-22-18-23(31-14-16-32(17-15-31)27(33)35-28(2,3)4)19-26(30-22)20-6-10-24(11-7-20)34-25-12-8-21(29)9-13-25;1-26(2,3)34-25(32)31-14-12-30(13-15-31)20-16-23(29-24(27)17-20)18-4-8-21(9-5-18)33-22-10-6-19(28)7-11-22;1-17(2)18(3,4)23-19(22-17)13-5-9-15(10-6-13)21-16-11-7-14(20)8-12-16;1-14(2,3)21-13(20)19-6-4-18(5-7-19)10-8-11(15)17-12(16)9-10;1-9(2,3)13-8(12)11-6-4-10-5-7-11;1-6-9-10-7(2,3)8(4,5)11-9;6-4-1-3(9(10)11)2-5(7)8-4/h5-13,18-19H,1,14-17H2,2-4H3;4-11,16-17H,12-15H2,1-3H3;5-12H,1-4H3;8-9H,4-7H2,1-3H3;10H,4-7H2,1-3H3;6H,1H2,2-5H3;1-2H. The van der Waals surface area contributed by atoms with Crippen LogP contribution in [0.5, 0.6) is 34.5 Å². The van der Waals surface area contributed by atoms with Crippen LogP contribution in [-0.4, -0.2) is 233 Å². The van der Waals surface area contributed by atoms with Crippen LogP contribution < -0.4 is 39.7 Å². The van der Waals surface area contributed by atoms with E-state index in [4.69, 9.17) is 115 Å². The average Bonchev–Trinajstić information content (AvgIpc) is 1.64. The molecule has 6 aromatic carbocycles. The molecule has 10 heterocycles. The molecule has 0 atom stereocenters. The van der Waals surface area contributed by atoms with E-state index < -0.39 is 21.7 Å². The van der Waals surface area contributed by atoms with Gasteiger partial charge in [0.15, 0.2) is 0 Å². The number of amides is 4. The molecule has 148 heavy (non-hydrogen) atoms. The van der Waals surface area contributed by atoms with Gasteiger partial charge >= 0.3 is 38.6 Å². The number of hydrogen-bond acceptors (Lipinski definition) is 25. The van der Waals surface area contributed by atoms with Crippen LogP contribution in [0.15, 0.2) is 213 Å². The zero-order valence-electron chi connectivity index (χ0n) is 87.3. The van der Waals surface area contributed by atoms with E-state index >= 15 is 0 Å². The van der Waals surface area contributed by atoms with E-state index in [9.17, 15) is 42.5 Å². The molecule has 0 radical (unpaired) electrons. The summed E-state index contributed by atoms with van der Waals surface area (Å²) in [6.45, 7) is 57.0. The number of carbonyl (C=O) groups is 4. The number of nitrogens with one attached hydrogen (secondary N) is 1. The van der Waals surface area contributed by atoms with Crippen molar-refractivity contribution in [2.24, 2.45) is 0 Å². The third kappa shape index (κ3) is 37.2. The Balaban J connectivity index is 0.000000184. The van der Waals surface area contributed by atoms with Crippen molar-refractivity contribution in [2.45, 2.75) is 183 Å². The Bertz CT molecular complexity index is 6030. The lowest BCUT2D eigenvalue weighted by Crippen LogP contribution is -2.50.